The van der Waals surface area contributed by atoms with Gasteiger partial charge in [-0.05, 0) is 38.0 Å². The molecule has 0 amide bonds. The predicted molar refractivity (Wildman–Crippen MR) is 75.9 cm³/mol. The van der Waals surface area contributed by atoms with Crippen LogP contribution < -0.4 is 10.5 Å². The second kappa shape index (κ2) is 5.59. The molecule has 18 heavy (non-hydrogen) atoms. The summed E-state index contributed by atoms with van der Waals surface area (Å²) >= 11 is 3.56. The molecular formula is C14H20BrNO2. The SMILES string of the molecule is COc1cc(C)c(Br)cc1C(N)C1CCOC1C. The van der Waals surface area contributed by atoms with Crippen LogP contribution in [0.4, 0.5) is 0 Å². The molecule has 0 radical (unpaired) electrons. The molecule has 3 nitrogen and oxygen atoms in total. The van der Waals surface area contributed by atoms with Crippen molar-refractivity contribution in [2.24, 2.45) is 11.7 Å². The van der Waals surface area contributed by atoms with Gasteiger partial charge in [0, 0.05) is 28.6 Å². The Bertz CT molecular complexity index is 436. The van der Waals surface area contributed by atoms with E-state index in [1.165, 1.54) is 0 Å². The zero-order valence-electron chi connectivity index (χ0n) is 11.1. The molecule has 1 fully saturated rings. The van der Waals surface area contributed by atoms with Crippen molar-refractivity contribution in [2.45, 2.75) is 32.4 Å². The number of hydrogen-bond acceptors (Lipinski definition) is 3. The van der Waals surface area contributed by atoms with Crippen LogP contribution in [0.1, 0.15) is 30.5 Å². The maximum Gasteiger partial charge on any atom is 0.123 e. The van der Waals surface area contributed by atoms with Gasteiger partial charge in [0.05, 0.1) is 13.2 Å². The Morgan fingerprint density at radius 1 is 1.50 bits per heavy atom. The van der Waals surface area contributed by atoms with Crippen LogP contribution in [0.15, 0.2) is 16.6 Å². The first-order valence-electron chi connectivity index (χ1n) is 6.25. The van der Waals surface area contributed by atoms with E-state index < -0.39 is 0 Å². The van der Waals surface area contributed by atoms with Crippen molar-refractivity contribution in [3.63, 3.8) is 0 Å². The molecule has 0 aromatic heterocycles. The highest BCUT2D eigenvalue weighted by atomic mass is 79.9. The van der Waals surface area contributed by atoms with Gasteiger partial charge in [-0.3, -0.25) is 0 Å². The summed E-state index contributed by atoms with van der Waals surface area (Å²) in [7, 11) is 1.69. The van der Waals surface area contributed by atoms with Crippen LogP contribution in [0.5, 0.6) is 5.75 Å². The average molecular weight is 314 g/mol. The highest BCUT2D eigenvalue weighted by Gasteiger charge is 2.32. The predicted octanol–water partition coefficient (Wildman–Crippen LogP) is 3.19. The van der Waals surface area contributed by atoms with E-state index in [1.54, 1.807) is 7.11 Å². The van der Waals surface area contributed by atoms with Crippen LogP contribution in [0.25, 0.3) is 0 Å². The van der Waals surface area contributed by atoms with Gasteiger partial charge in [-0.15, -0.1) is 0 Å². The summed E-state index contributed by atoms with van der Waals surface area (Å²) in [4.78, 5) is 0. The minimum absolute atomic E-state index is 0.0469. The zero-order valence-corrected chi connectivity index (χ0v) is 12.7. The summed E-state index contributed by atoms with van der Waals surface area (Å²) in [5.74, 6) is 1.22. The fourth-order valence-electron chi connectivity index (χ4n) is 2.56. The third-order valence-electron chi connectivity index (χ3n) is 3.77. The maximum atomic E-state index is 6.41. The summed E-state index contributed by atoms with van der Waals surface area (Å²) in [6.45, 7) is 4.94. The molecule has 0 saturated carbocycles. The highest BCUT2D eigenvalue weighted by Crippen LogP contribution is 2.37. The quantitative estimate of drug-likeness (QED) is 0.932. The van der Waals surface area contributed by atoms with E-state index >= 15 is 0 Å². The van der Waals surface area contributed by atoms with Crippen molar-refractivity contribution in [1.82, 2.24) is 0 Å². The Labute approximate surface area is 117 Å². The van der Waals surface area contributed by atoms with Crippen molar-refractivity contribution < 1.29 is 9.47 Å². The molecule has 0 aliphatic carbocycles. The Morgan fingerprint density at radius 3 is 2.78 bits per heavy atom. The average Bonchev–Trinajstić information content (AvgIpc) is 2.77. The van der Waals surface area contributed by atoms with Crippen LogP contribution in [-0.4, -0.2) is 19.8 Å². The Balaban J connectivity index is 2.34. The van der Waals surface area contributed by atoms with E-state index in [-0.39, 0.29) is 12.1 Å². The van der Waals surface area contributed by atoms with Gasteiger partial charge in [-0.2, -0.15) is 0 Å². The fourth-order valence-corrected chi connectivity index (χ4v) is 2.92. The van der Waals surface area contributed by atoms with Crippen LogP contribution in [0.2, 0.25) is 0 Å². The molecule has 4 heteroatoms. The summed E-state index contributed by atoms with van der Waals surface area (Å²) < 4.78 is 12.1. The van der Waals surface area contributed by atoms with E-state index in [2.05, 4.69) is 28.9 Å². The number of nitrogens with two attached hydrogens (primary N) is 1. The molecule has 1 saturated heterocycles. The van der Waals surface area contributed by atoms with Gasteiger partial charge in [-0.25, -0.2) is 0 Å². The topological polar surface area (TPSA) is 44.5 Å². The second-order valence-corrected chi connectivity index (χ2v) is 5.75. The minimum Gasteiger partial charge on any atom is -0.496 e. The van der Waals surface area contributed by atoms with E-state index in [0.717, 1.165) is 34.4 Å². The van der Waals surface area contributed by atoms with E-state index in [4.69, 9.17) is 15.2 Å². The number of hydrogen-bond donors (Lipinski definition) is 1. The molecule has 0 spiro atoms. The number of aryl methyl sites for hydroxylation is 1. The Hall–Kier alpha value is -0.580. The Kier molecular flexibility index (Phi) is 4.30. The van der Waals surface area contributed by atoms with Crippen LogP contribution in [-0.2, 0) is 4.74 Å². The number of halogens is 1. The van der Waals surface area contributed by atoms with Crippen LogP contribution >= 0.6 is 15.9 Å². The lowest BCUT2D eigenvalue weighted by Crippen LogP contribution is -2.27. The standard InChI is InChI=1S/C14H20BrNO2/c1-8-6-13(17-3)11(7-12(8)15)14(16)10-4-5-18-9(10)2/h6-7,9-10,14H,4-5,16H2,1-3H3. The van der Waals surface area contributed by atoms with E-state index in [0.29, 0.717) is 5.92 Å². The third-order valence-corrected chi connectivity index (χ3v) is 4.62. The van der Waals surface area contributed by atoms with Crippen molar-refractivity contribution in [3.05, 3.63) is 27.7 Å². The lowest BCUT2D eigenvalue weighted by atomic mass is 9.88. The van der Waals surface area contributed by atoms with Crippen LogP contribution in [0, 0.1) is 12.8 Å². The molecule has 1 aromatic rings. The number of rotatable bonds is 3. The van der Waals surface area contributed by atoms with Gasteiger partial charge in [0.25, 0.3) is 0 Å². The first-order valence-corrected chi connectivity index (χ1v) is 7.05. The molecule has 0 bridgehead atoms. The highest BCUT2D eigenvalue weighted by molar-refractivity contribution is 9.10. The summed E-state index contributed by atoms with van der Waals surface area (Å²) in [5, 5.41) is 0. The van der Waals surface area contributed by atoms with Crippen LogP contribution in [0.3, 0.4) is 0 Å². The molecule has 3 atom stereocenters. The largest absolute Gasteiger partial charge is 0.496 e. The van der Waals surface area contributed by atoms with Crippen molar-refractivity contribution in [1.29, 1.82) is 0 Å². The monoisotopic (exact) mass is 313 g/mol. The summed E-state index contributed by atoms with van der Waals surface area (Å²) in [6, 6.07) is 4.05. The summed E-state index contributed by atoms with van der Waals surface area (Å²) in [5.41, 5.74) is 8.61. The minimum atomic E-state index is -0.0469. The first kappa shape index (κ1) is 13.8. The zero-order chi connectivity index (χ0) is 13.3. The normalized spacial score (nSPS) is 25.2. The number of methoxy groups -OCH3 is 1. The number of benzene rings is 1. The first-order chi connectivity index (χ1) is 8.54. The lowest BCUT2D eigenvalue weighted by molar-refractivity contribution is 0.0992. The molecule has 2 rings (SSSR count). The van der Waals surface area contributed by atoms with Crippen molar-refractivity contribution in [2.75, 3.05) is 13.7 Å². The molecule has 3 unspecified atom stereocenters. The third kappa shape index (κ3) is 2.56. The van der Waals surface area contributed by atoms with Gasteiger partial charge in [0.1, 0.15) is 5.75 Å². The smallest absolute Gasteiger partial charge is 0.123 e. The maximum absolute atomic E-state index is 6.41. The molecule has 2 N–H and O–H groups in total. The van der Waals surface area contributed by atoms with Gasteiger partial charge in [-0.1, -0.05) is 15.9 Å². The summed E-state index contributed by atoms with van der Waals surface area (Å²) in [6.07, 6.45) is 1.22. The Morgan fingerprint density at radius 2 is 2.22 bits per heavy atom. The second-order valence-electron chi connectivity index (χ2n) is 4.90. The molecule has 1 aliphatic rings. The molecule has 1 heterocycles. The number of ether oxygens (including phenoxy) is 2. The molecular weight excluding hydrogens is 294 g/mol. The van der Waals surface area contributed by atoms with Gasteiger partial charge in [0.2, 0.25) is 0 Å². The van der Waals surface area contributed by atoms with Crippen molar-refractivity contribution in [3.8, 4) is 5.75 Å². The fraction of sp³-hybridized carbons (Fsp3) is 0.571. The lowest BCUT2D eigenvalue weighted by Gasteiger charge is -2.24. The van der Waals surface area contributed by atoms with E-state index in [9.17, 15) is 0 Å². The molecule has 1 aliphatic heterocycles. The molecule has 1 aromatic carbocycles. The van der Waals surface area contributed by atoms with Gasteiger partial charge < -0.3 is 15.2 Å². The van der Waals surface area contributed by atoms with E-state index in [1.807, 2.05) is 13.0 Å². The van der Waals surface area contributed by atoms with Gasteiger partial charge >= 0.3 is 0 Å². The van der Waals surface area contributed by atoms with Gasteiger partial charge in [0.15, 0.2) is 0 Å². The molecule has 100 valence electrons. The van der Waals surface area contributed by atoms with Crippen molar-refractivity contribution >= 4 is 15.9 Å².